The number of esters is 2. The highest BCUT2D eigenvalue weighted by Gasteiger charge is 2.07. The Morgan fingerprint density at radius 3 is 1.89 bits per heavy atom. The highest BCUT2D eigenvalue weighted by Crippen LogP contribution is 2.25. The molecule has 28 heavy (non-hydrogen) atoms. The highest BCUT2D eigenvalue weighted by atomic mass is 16.5. The van der Waals surface area contributed by atoms with Crippen molar-refractivity contribution >= 4 is 11.9 Å². The normalized spacial score (nSPS) is 10.1. The molecular weight excluding hydrogens is 360 g/mol. The molecular formula is C22H30O6. The Hall–Kier alpha value is -2.76. The SMILES string of the molecule is C=C(C)C(=O)OCCCOc1ccc(CC)c(OCCCOC(=O)C(=C)C)c1. The minimum Gasteiger partial charge on any atom is -0.493 e. The number of ether oxygens (including phenoxy) is 4. The van der Waals surface area contributed by atoms with Gasteiger partial charge in [-0.1, -0.05) is 26.1 Å². The molecule has 0 saturated heterocycles. The largest absolute Gasteiger partial charge is 0.493 e. The van der Waals surface area contributed by atoms with E-state index in [4.69, 9.17) is 18.9 Å². The topological polar surface area (TPSA) is 71.1 Å². The van der Waals surface area contributed by atoms with E-state index in [0.717, 1.165) is 17.7 Å². The maximum atomic E-state index is 11.3. The summed E-state index contributed by atoms with van der Waals surface area (Å²) in [6.07, 6.45) is 2.00. The van der Waals surface area contributed by atoms with E-state index in [0.29, 0.717) is 43.0 Å². The minimum atomic E-state index is -0.392. The van der Waals surface area contributed by atoms with Crippen LogP contribution < -0.4 is 9.47 Å². The fourth-order valence-corrected chi connectivity index (χ4v) is 2.12. The quantitative estimate of drug-likeness (QED) is 0.288. The van der Waals surface area contributed by atoms with Crippen molar-refractivity contribution in [3.8, 4) is 11.5 Å². The van der Waals surface area contributed by atoms with Gasteiger partial charge in [-0.25, -0.2) is 9.59 Å². The molecule has 0 unspecified atom stereocenters. The average molecular weight is 390 g/mol. The number of hydrogen-bond acceptors (Lipinski definition) is 6. The van der Waals surface area contributed by atoms with Crippen molar-refractivity contribution in [3.05, 3.63) is 48.1 Å². The number of rotatable bonds is 13. The van der Waals surface area contributed by atoms with Crippen LogP contribution in [0.4, 0.5) is 0 Å². The number of aryl methyl sites for hydroxylation is 1. The third kappa shape index (κ3) is 8.75. The Morgan fingerprint density at radius 2 is 1.39 bits per heavy atom. The van der Waals surface area contributed by atoms with Gasteiger partial charge in [0.2, 0.25) is 0 Å². The second-order valence-electron chi connectivity index (χ2n) is 6.36. The predicted molar refractivity (Wildman–Crippen MR) is 108 cm³/mol. The molecule has 0 aliphatic rings. The molecule has 0 heterocycles. The van der Waals surface area contributed by atoms with Gasteiger partial charge in [-0.15, -0.1) is 0 Å². The summed E-state index contributed by atoms with van der Waals surface area (Å²) in [6.45, 7) is 13.8. The van der Waals surface area contributed by atoms with E-state index < -0.39 is 11.9 Å². The van der Waals surface area contributed by atoms with Crippen LogP contribution in [0.3, 0.4) is 0 Å². The van der Waals surface area contributed by atoms with Crippen LogP contribution >= 0.6 is 0 Å². The van der Waals surface area contributed by atoms with E-state index in [2.05, 4.69) is 13.2 Å². The molecule has 0 aromatic heterocycles. The molecule has 0 radical (unpaired) electrons. The van der Waals surface area contributed by atoms with Crippen molar-refractivity contribution in [2.75, 3.05) is 26.4 Å². The molecule has 154 valence electrons. The van der Waals surface area contributed by atoms with Crippen LogP contribution in [0, 0.1) is 0 Å². The van der Waals surface area contributed by atoms with Crippen molar-refractivity contribution in [2.24, 2.45) is 0 Å². The summed E-state index contributed by atoms with van der Waals surface area (Å²) in [7, 11) is 0. The van der Waals surface area contributed by atoms with Crippen LogP contribution in [-0.4, -0.2) is 38.4 Å². The van der Waals surface area contributed by atoms with Gasteiger partial charge < -0.3 is 18.9 Å². The lowest BCUT2D eigenvalue weighted by Crippen LogP contribution is -2.10. The van der Waals surface area contributed by atoms with E-state index in [1.165, 1.54) is 0 Å². The molecule has 0 N–H and O–H groups in total. The zero-order valence-electron chi connectivity index (χ0n) is 17.0. The van der Waals surface area contributed by atoms with Gasteiger partial charge in [-0.2, -0.15) is 0 Å². The Balaban J connectivity index is 2.41. The van der Waals surface area contributed by atoms with Crippen LogP contribution in [-0.2, 0) is 25.5 Å². The lowest BCUT2D eigenvalue weighted by molar-refractivity contribution is -0.140. The Morgan fingerprint density at radius 1 is 0.857 bits per heavy atom. The summed E-state index contributed by atoms with van der Waals surface area (Å²) in [4.78, 5) is 22.6. The monoisotopic (exact) mass is 390 g/mol. The molecule has 1 aromatic carbocycles. The van der Waals surface area contributed by atoms with E-state index >= 15 is 0 Å². The summed E-state index contributed by atoms with van der Waals surface area (Å²) in [5, 5.41) is 0. The summed E-state index contributed by atoms with van der Waals surface area (Å²) < 4.78 is 21.6. The summed E-state index contributed by atoms with van der Waals surface area (Å²) in [6, 6.07) is 5.70. The smallest absolute Gasteiger partial charge is 0.333 e. The molecule has 0 bridgehead atoms. The molecule has 6 heteroatoms. The number of hydrogen-bond donors (Lipinski definition) is 0. The van der Waals surface area contributed by atoms with E-state index in [1.54, 1.807) is 13.8 Å². The number of benzene rings is 1. The Bertz CT molecular complexity index is 692. The molecule has 0 atom stereocenters. The third-order valence-electron chi connectivity index (χ3n) is 3.69. The van der Waals surface area contributed by atoms with Crippen molar-refractivity contribution < 1.29 is 28.5 Å². The lowest BCUT2D eigenvalue weighted by Gasteiger charge is -2.13. The summed E-state index contributed by atoms with van der Waals surface area (Å²) in [5.41, 5.74) is 1.84. The fourth-order valence-electron chi connectivity index (χ4n) is 2.12. The fraction of sp³-hybridized carbons (Fsp3) is 0.455. The Kier molecular flexibility index (Phi) is 10.5. The van der Waals surface area contributed by atoms with Crippen LogP contribution in [0.15, 0.2) is 42.5 Å². The van der Waals surface area contributed by atoms with Gasteiger partial charge in [-0.3, -0.25) is 0 Å². The maximum Gasteiger partial charge on any atom is 0.333 e. The second-order valence-corrected chi connectivity index (χ2v) is 6.36. The van der Waals surface area contributed by atoms with Gasteiger partial charge in [0.25, 0.3) is 0 Å². The molecule has 0 spiro atoms. The van der Waals surface area contributed by atoms with E-state index in [-0.39, 0.29) is 13.2 Å². The molecule has 0 aliphatic heterocycles. The zero-order chi connectivity index (χ0) is 20.9. The average Bonchev–Trinajstić information content (AvgIpc) is 2.67. The minimum absolute atomic E-state index is 0.283. The highest BCUT2D eigenvalue weighted by molar-refractivity contribution is 5.87. The van der Waals surface area contributed by atoms with Gasteiger partial charge in [0.1, 0.15) is 11.5 Å². The molecule has 0 aliphatic carbocycles. The predicted octanol–water partition coefficient (Wildman–Crippen LogP) is 4.03. The van der Waals surface area contributed by atoms with Crippen molar-refractivity contribution in [3.63, 3.8) is 0 Å². The van der Waals surface area contributed by atoms with E-state index in [9.17, 15) is 9.59 Å². The first-order valence-electron chi connectivity index (χ1n) is 9.39. The second kappa shape index (κ2) is 12.6. The van der Waals surface area contributed by atoms with E-state index in [1.807, 2.05) is 25.1 Å². The molecule has 0 fully saturated rings. The number of carbonyl (C=O) groups excluding carboxylic acids is 2. The molecule has 1 aromatic rings. The van der Waals surface area contributed by atoms with Crippen molar-refractivity contribution in [1.29, 1.82) is 0 Å². The first-order valence-corrected chi connectivity index (χ1v) is 9.39. The van der Waals surface area contributed by atoms with Crippen LogP contribution in [0.2, 0.25) is 0 Å². The van der Waals surface area contributed by atoms with Crippen LogP contribution in [0.5, 0.6) is 11.5 Å². The van der Waals surface area contributed by atoms with Gasteiger partial charge in [0, 0.05) is 30.1 Å². The summed E-state index contributed by atoms with van der Waals surface area (Å²) >= 11 is 0. The summed E-state index contributed by atoms with van der Waals surface area (Å²) in [5.74, 6) is 0.655. The van der Waals surface area contributed by atoms with Crippen molar-refractivity contribution in [2.45, 2.75) is 40.0 Å². The lowest BCUT2D eigenvalue weighted by atomic mass is 10.1. The van der Waals surface area contributed by atoms with Gasteiger partial charge in [0.05, 0.1) is 26.4 Å². The third-order valence-corrected chi connectivity index (χ3v) is 3.69. The standard InChI is InChI=1S/C22H30O6/c1-6-18-9-10-19(25-11-7-13-27-21(23)16(2)3)15-20(18)26-12-8-14-28-22(24)17(4)5/h9-10,15H,2,4,6-8,11-14H2,1,3,5H3. The molecule has 0 amide bonds. The van der Waals surface area contributed by atoms with Crippen LogP contribution in [0.25, 0.3) is 0 Å². The Labute approximate surface area is 167 Å². The van der Waals surface area contributed by atoms with Gasteiger partial charge >= 0.3 is 11.9 Å². The molecule has 1 rings (SSSR count). The molecule has 0 saturated carbocycles. The molecule has 6 nitrogen and oxygen atoms in total. The first kappa shape index (κ1) is 23.3. The van der Waals surface area contributed by atoms with Gasteiger partial charge in [0.15, 0.2) is 0 Å². The number of carbonyl (C=O) groups is 2. The van der Waals surface area contributed by atoms with Crippen molar-refractivity contribution in [1.82, 2.24) is 0 Å². The first-order chi connectivity index (χ1) is 13.3. The van der Waals surface area contributed by atoms with Crippen LogP contribution in [0.1, 0.15) is 39.2 Å². The zero-order valence-corrected chi connectivity index (χ0v) is 17.0. The maximum absolute atomic E-state index is 11.3. The van der Waals surface area contributed by atoms with Gasteiger partial charge in [-0.05, 0) is 31.9 Å².